The molecule has 3 heteroatoms. The molecule has 0 heterocycles. The Morgan fingerprint density at radius 2 is 2.25 bits per heavy atom. The first-order chi connectivity index (χ1) is 7.58. The van der Waals surface area contributed by atoms with Gasteiger partial charge < -0.3 is 0 Å². The van der Waals surface area contributed by atoms with Crippen molar-refractivity contribution in [1.82, 2.24) is 0 Å². The van der Waals surface area contributed by atoms with Crippen molar-refractivity contribution >= 4 is 21.7 Å². The minimum Gasteiger partial charge on any atom is -0.299 e. The first-order valence-electron chi connectivity index (χ1n) is 5.54. The molecule has 2 rings (SSSR count). The van der Waals surface area contributed by atoms with E-state index in [0.29, 0.717) is 16.8 Å². The Morgan fingerprint density at radius 3 is 2.81 bits per heavy atom. The summed E-state index contributed by atoms with van der Waals surface area (Å²) in [5, 5.41) is 0. The minimum absolute atomic E-state index is 0.156. The van der Waals surface area contributed by atoms with Gasteiger partial charge in [-0.2, -0.15) is 0 Å². The largest absolute Gasteiger partial charge is 0.299 e. The standard InChI is InChI=1S/C13H14BrFO/c1-8(10-3-4-10)13(16)7-9-2-5-12(15)11(14)6-9/h2,5-6,8,10H,3-4,7H2,1H3. The van der Waals surface area contributed by atoms with Gasteiger partial charge in [0.2, 0.25) is 0 Å². The molecule has 0 aliphatic heterocycles. The summed E-state index contributed by atoms with van der Waals surface area (Å²) in [5.74, 6) is 0.729. The van der Waals surface area contributed by atoms with E-state index in [-0.39, 0.29) is 17.5 Å². The van der Waals surface area contributed by atoms with Crippen LogP contribution in [-0.2, 0) is 11.2 Å². The number of carbonyl (C=O) groups excluding carboxylic acids is 1. The van der Waals surface area contributed by atoms with Crippen LogP contribution in [0.25, 0.3) is 0 Å². The third kappa shape index (κ3) is 2.70. The third-order valence-electron chi connectivity index (χ3n) is 3.20. The maximum atomic E-state index is 13.0. The summed E-state index contributed by atoms with van der Waals surface area (Å²) >= 11 is 3.13. The first-order valence-corrected chi connectivity index (χ1v) is 6.34. The SMILES string of the molecule is CC(C(=O)Cc1ccc(F)c(Br)c1)C1CC1. The highest BCUT2D eigenvalue weighted by Crippen LogP contribution is 2.37. The van der Waals surface area contributed by atoms with Gasteiger partial charge in [0.15, 0.2) is 0 Å². The topological polar surface area (TPSA) is 17.1 Å². The van der Waals surface area contributed by atoms with Gasteiger partial charge in [-0.15, -0.1) is 0 Å². The third-order valence-corrected chi connectivity index (χ3v) is 3.81. The Kier molecular flexibility index (Phi) is 3.43. The molecular weight excluding hydrogens is 271 g/mol. The molecule has 0 N–H and O–H groups in total. The van der Waals surface area contributed by atoms with Gasteiger partial charge in [-0.3, -0.25) is 4.79 Å². The summed E-state index contributed by atoms with van der Waals surface area (Å²) in [7, 11) is 0. The van der Waals surface area contributed by atoms with Crippen LogP contribution in [0, 0.1) is 17.7 Å². The quantitative estimate of drug-likeness (QED) is 0.823. The Labute approximate surface area is 103 Å². The van der Waals surface area contributed by atoms with E-state index in [1.807, 2.05) is 6.92 Å². The lowest BCUT2D eigenvalue weighted by Gasteiger charge is -2.09. The Bertz CT molecular complexity index is 412. The molecule has 16 heavy (non-hydrogen) atoms. The smallest absolute Gasteiger partial charge is 0.140 e. The second-order valence-corrected chi connectivity index (χ2v) is 5.37. The molecule has 1 aliphatic rings. The van der Waals surface area contributed by atoms with E-state index in [4.69, 9.17) is 0 Å². The van der Waals surface area contributed by atoms with Crippen molar-refractivity contribution in [3.05, 3.63) is 34.1 Å². The zero-order valence-electron chi connectivity index (χ0n) is 9.17. The molecule has 1 aromatic rings. The molecule has 1 atom stereocenters. The summed E-state index contributed by atoms with van der Waals surface area (Å²) in [6, 6.07) is 4.76. The van der Waals surface area contributed by atoms with E-state index in [2.05, 4.69) is 15.9 Å². The van der Waals surface area contributed by atoms with Gasteiger partial charge in [0.05, 0.1) is 4.47 Å². The van der Waals surface area contributed by atoms with Crippen LogP contribution in [0.4, 0.5) is 4.39 Å². The Balaban J connectivity index is 2.02. The molecule has 0 amide bonds. The predicted molar refractivity (Wildman–Crippen MR) is 64.7 cm³/mol. The number of ketones is 1. The molecule has 0 spiro atoms. The van der Waals surface area contributed by atoms with Gasteiger partial charge in [0.1, 0.15) is 11.6 Å². The highest BCUT2D eigenvalue weighted by Gasteiger charge is 2.32. The van der Waals surface area contributed by atoms with Crippen molar-refractivity contribution in [1.29, 1.82) is 0 Å². The highest BCUT2D eigenvalue weighted by molar-refractivity contribution is 9.10. The maximum absolute atomic E-state index is 13.0. The van der Waals surface area contributed by atoms with Crippen molar-refractivity contribution in [3.63, 3.8) is 0 Å². The molecule has 1 nitrogen and oxygen atoms in total. The van der Waals surface area contributed by atoms with Gasteiger partial charge in [0.25, 0.3) is 0 Å². The van der Waals surface area contributed by atoms with Gasteiger partial charge in [-0.05, 0) is 52.4 Å². The number of hydrogen-bond donors (Lipinski definition) is 0. The molecule has 0 bridgehead atoms. The fourth-order valence-electron chi connectivity index (χ4n) is 1.87. The molecule has 0 aromatic heterocycles. The lowest BCUT2D eigenvalue weighted by atomic mass is 9.95. The highest BCUT2D eigenvalue weighted by atomic mass is 79.9. The predicted octanol–water partition coefficient (Wildman–Crippen LogP) is 3.75. The maximum Gasteiger partial charge on any atom is 0.140 e. The normalized spacial score (nSPS) is 17.2. The molecule has 1 unspecified atom stereocenters. The molecule has 1 fully saturated rings. The minimum atomic E-state index is -0.286. The summed E-state index contributed by atoms with van der Waals surface area (Å²) in [5.41, 5.74) is 0.880. The molecule has 1 aromatic carbocycles. The van der Waals surface area contributed by atoms with E-state index >= 15 is 0 Å². The number of halogens is 2. The van der Waals surface area contributed by atoms with Crippen LogP contribution in [0.2, 0.25) is 0 Å². The van der Waals surface area contributed by atoms with Crippen LogP contribution in [-0.4, -0.2) is 5.78 Å². The average molecular weight is 285 g/mol. The van der Waals surface area contributed by atoms with E-state index < -0.39 is 0 Å². The summed E-state index contributed by atoms with van der Waals surface area (Å²) in [6.45, 7) is 2.00. The molecule has 0 radical (unpaired) electrons. The average Bonchev–Trinajstić information content (AvgIpc) is 3.06. The van der Waals surface area contributed by atoms with Crippen molar-refractivity contribution < 1.29 is 9.18 Å². The van der Waals surface area contributed by atoms with E-state index in [1.54, 1.807) is 12.1 Å². The monoisotopic (exact) mass is 284 g/mol. The fourth-order valence-corrected chi connectivity index (χ4v) is 2.30. The fraction of sp³-hybridized carbons (Fsp3) is 0.462. The number of carbonyl (C=O) groups is 1. The lowest BCUT2D eigenvalue weighted by molar-refractivity contribution is -0.122. The van der Waals surface area contributed by atoms with Crippen molar-refractivity contribution in [2.45, 2.75) is 26.2 Å². The van der Waals surface area contributed by atoms with E-state index in [0.717, 1.165) is 5.56 Å². The number of hydrogen-bond acceptors (Lipinski definition) is 1. The van der Waals surface area contributed by atoms with Gasteiger partial charge in [-0.1, -0.05) is 13.0 Å². The van der Waals surface area contributed by atoms with E-state index in [9.17, 15) is 9.18 Å². The second-order valence-electron chi connectivity index (χ2n) is 4.52. The first kappa shape index (κ1) is 11.8. The van der Waals surface area contributed by atoms with Crippen LogP contribution in [0.3, 0.4) is 0 Å². The zero-order valence-corrected chi connectivity index (χ0v) is 10.8. The second kappa shape index (κ2) is 4.66. The van der Waals surface area contributed by atoms with Crippen molar-refractivity contribution in [2.75, 3.05) is 0 Å². The van der Waals surface area contributed by atoms with Crippen LogP contribution in [0.5, 0.6) is 0 Å². The van der Waals surface area contributed by atoms with Crippen LogP contribution in [0.1, 0.15) is 25.3 Å². The molecular formula is C13H14BrFO. The molecule has 86 valence electrons. The zero-order chi connectivity index (χ0) is 11.7. The van der Waals surface area contributed by atoms with Crippen LogP contribution < -0.4 is 0 Å². The van der Waals surface area contributed by atoms with Crippen molar-refractivity contribution in [3.8, 4) is 0 Å². The summed E-state index contributed by atoms with van der Waals surface area (Å²) in [4.78, 5) is 11.9. The van der Waals surface area contributed by atoms with Gasteiger partial charge in [0, 0.05) is 12.3 Å². The summed E-state index contributed by atoms with van der Waals surface area (Å²) < 4.78 is 13.4. The number of Topliss-reactive ketones (excluding diaryl/α,β-unsaturated/α-hetero) is 1. The van der Waals surface area contributed by atoms with Crippen LogP contribution >= 0.6 is 15.9 Å². The van der Waals surface area contributed by atoms with E-state index in [1.165, 1.54) is 18.9 Å². The molecule has 1 aliphatic carbocycles. The number of rotatable bonds is 4. The van der Waals surface area contributed by atoms with Crippen molar-refractivity contribution in [2.24, 2.45) is 11.8 Å². The Morgan fingerprint density at radius 1 is 1.56 bits per heavy atom. The van der Waals surface area contributed by atoms with Gasteiger partial charge in [-0.25, -0.2) is 4.39 Å². The lowest BCUT2D eigenvalue weighted by Crippen LogP contribution is -2.15. The Hall–Kier alpha value is -0.700. The van der Waals surface area contributed by atoms with Crippen LogP contribution in [0.15, 0.2) is 22.7 Å². The molecule has 1 saturated carbocycles. The molecule has 0 saturated heterocycles. The number of benzene rings is 1. The van der Waals surface area contributed by atoms with Gasteiger partial charge >= 0.3 is 0 Å². The summed E-state index contributed by atoms with van der Waals surface area (Å²) in [6.07, 6.45) is 2.77.